The maximum Gasteiger partial charge on any atom is 0.416 e. The highest BCUT2D eigenvalue weighted by atomic mass is 79.9. The molecule has 0 N–H and O–H groups in total. The molecule has 6 aromatic rings. The first-order chi connectivity index (χ1) is 20.7. The second kappa shape index (κ2) is 11.7. The average Bonchev–Trinajstić information content (AvgIpc) is 3.00. The molecule has 5 aromatic carbocycles. The summed E-state index contributed by atoms with van der Waals surface area (Å²) in [7, 11) is 0. The van der Waals surface area contributed by atoms with Crippen molar-refractivity contribution in [3.63, 3.8) is 0 Å². The first-order valence-electron chi connectivity index (χ1n) is 13.0. The Morgan fingerprint density at radius 2 is 1.63 bits per heavy atom. The van der Waals surface area contributed by atoms with Crippen LogP contribution in [0.15, 0.2) is 117 Å². The van der Waals surface area contributed by atoms with Crippen LogP contribution in [0.3, 0.4) is 0 Å². The number of hydrogen-bond donors (Lipinski definition) is 0. The molecule has 214 valence electrons. The number of hydrogen-bond acceptors (Lipinski definition) is 4. The van der Waals surface area contributed by atoms with Crippen LogP contribution in [0.4, 0.5) is 13.2 Å². The minimum atomic E-state index is -4.57. The van der Waals surface area contributed by atoms with Crippen molar-refractivity contribution < 1.29 is 17.9 Å². The lowest BCUT2D eigenvalue weighted by atomic mass is 10.1. The largest absolute Gasteiger partial charge is 0.486 e. The summed E-state index contributed by atoms with van der Waals surface area (Å²) in [4.78, 5) is 18.0. The normalized spacial score (nSPS) is 11.9. The molecule has 0 amide bonds. The van der Waals surface area contributed by atoms with Gasteiger partial charge in [0, 0.05) is 5.56 Å². The molecule has 1 heterocycles. The Morgan fingerprint density at radius 3 is 2.42 bits per heavy atom. The highest BCUT2D eigenvalue weighted by Crippen LogP contribution is 2.36. The van der Waals surface area contributed by atoms with Crippen LogP contribution in [0, 0.1) is 0 Å². The van der Waals surface area contributed by atoms with Crippen molar-refractivity contribution in [3.8, 4) is 17.1 Å². The minimum Gasteiger partial charge on any atom is -0.486 e. The van der Waals surface area contributed by atoms with E-state index in [4.69, 9.17) is 16.3 Å². The lowest BCUT2D eigenvalue weighted by Crippen LogP contribution is -2.20. The zero-order valence-corrected chi connectivity index (χ0v) is 24.5. The molecule has 0 saturated carbocycles. The summed E-state index contributed by atoms with van der Waals surface area (Å²) in [5.74, 6) is 0.396. The fraction of sp³-hybridized carbons (Fsp3) is 0.0606. The molecular weight excluding hydrogens is 643 g/mol. The molecule has 0 aliphatic carbocycles. The van der Waals surface area contributed by atoms with Crippen LogP contribution >= 0.6 is 27.5 Å². The zero-order valence-electron chi connectivity index (χ0n) is 22.1. The van der Waals surface area contributed by atoms with E-state index in [9.17, 15) is 18.0 Å². The third kappa shape index (κ3) is 5.91. The van der Waals surface area contributed by atoms with Crippen LogP contribution < -0.4 is 10.3 Å². The molecule has 0 unspecified atom stereocenters. The van der Waals surface area contributed by atoms with E-state index in [1.165, 1.54) is 18.3 Å². The zero-order chi connectivity index (χ0) is 30.1. The van der Waals surface area contributed by atoms with E-state index in [-0.39, 0.29) is 23.4 Å². The lowest BCUT2D eigenvalue weighted by Gasteiger charge is -2.13. The van der Waals surface area contributed by atoms with E-state index in [1.54, 1.807) is 36.4 Å². The maximum atomic E-state index is 13.5. The third-order valence-corrected chi connectivity index (χ3v) is 7.67. The molecule has 1 aromatic heterocycles. The van der Waals surface area contributed by atoms with Gasteiger partial charge < -0.3 is 4.74 Å². The van der Waals surface area contributed by atoms with Gasteiger partial charge in [0.25, 0.3) is 5.56 Å². The molecule has 0 atom stereocenters. The van der Waals surface area contributed by atoms with Crippen molar-refractivity contribution in [2.45, 2.75) is 12.8 Å². The molecule has 5 nitrogen and oxygen atoms in total. The second-order valence-corrected chi connectivity index (χ2v) is 10.9. The predicted octanol–water partition coefficient (Wildman–Crippen LogP) is 9.11. The number of benzene rings is 5. The molecular formula is C33H20BrClF3N3O2. The second-order valence-electron chi connectivity index (χ2n) is 9.63. The molecule has 43 heavy (non-hydrogen) atoms. The lowest BCUT2D eigenvalue weighted by molar-refractivity contribution is -0.137. The van der Waals surface area contributed by atoms with Crippen LogP contribution in [0.25, 0.3) is 33.1 Å². The van der Waals surface area contributed by atoms with Gasteiger partial charge in [-0.1, -0.05) is 78.3 Å². The summed E-state index contributed by atoms with van der Waals surface area (Å²) < 4.78 is 48.0. The van der Waals surface area contributed by atoms with Crippen LogP contribution in [0.5, 0.6) is 5.75 Å². The SMILES string of the molecule is O=c1c2ccccc2nc(-c2cccc(C(F)(F)F)c2)n1N=Cc1cc(Cl)c(OCc2cccc3ccccc23)c(Br)c1. The van der Waals surface area contributed by atoms with Crippen molar-refractivity contribution in [1.82, 2.24) is 9.66 Å². The number of halogens is 5. The third-order valence-electron chi connectivity index (χ3n) is 6.80. The van der Waals surface area contributed by atoms with Crippen molar-refractivity contribution in [1.29, 1.82) is 0 Å². The van der Waals surface area contributed by atoms with Gasteiger partial charge in [0.1, 0.15) is 6.61 Å². The van der Waals surface area contributed by atoms with Gasteiger partial charge in [0.15, 0.2) is 11.6 Å². The van der Waals surface area contributed by atoms with Gasteiger partial charge in [-0.25, -0.2) is 4.98 Å². The fourth-order valence-corrected chi connectivity index (χ4v) is 5.73. The number of rotatable bonds is 6. The Hall–Kier alpha value is -4.47. The molecule has 0 spiro atoms. The minimum absolute atomic E-state index is 0.0359. The number of aromatic nitrogens is 2. The number of ether oxygens (including phenoxy) is 1. The molecule has 0 saturated heterocycles. The quantitative estimate of drug-likeness (QED) is 0.167. The highest BCUT2D eigenvalue weighted by Gasteiger charge is 2.31. The molecule has 0 fully saturated rings. The van der Waals surface area contributed by atoms with Crippen LogP contribution in [-0.2, 0) is 12.8 Å². The number of alkyl halides is 3. The van der Waals surface area contributed by atoms with E-state index in [0.717, 1.165) is 33.1 Å². The monoisotopic (exact) mass is 661 g/mol. The molecule has 0 radical (unpaired) electrons. The van der Waals surface area contributed by atoms with E-state index in [0.29, 0.717) is 26.3 Å². The van der Waals surface area contributed by atoms with Crippen molar-refractivity contribution in [2.24, 2.45) is 5.10 Å². The van der Waals surface area contributed by atoms with Gasteiger partial charge in [0.05, 0.1) is 32.2 Å². The van der Waals surface area contributed by atoms with E-state index in [1.807, 2.05) is 42.5 Å². The summed E-state index contributed by atoms with van der Waals surface area (Å²) in [6, 6.07) is 28.5. The first kappa shape index (κ1) is 28.6. The Balaban J connectivity index is 1.35. The fourth-order valence-electron chi connectivity index (χ4n) is 4.74. The average molecular weight is 663 g/mol. The molecule has 6 rings (SSSR count). The summed E-state index contributed by atoms with van der Waals surface area (Å²) in [5.41, 5.74) is 0.546. The molecule has 0 aliphatic heterocycles. The van der Waals surface area contributed by atoms with E-state index in [2.05, 4.69) is 26.0 Å². The van der Waals surface area contributed by atoms with E-state index < -0.39 is 17.3 Å². The molecule has 0 aliphatic rings. The van der Waals surface area contributed by atoms with Gasteiger partial charge in [-0.3, -0.25) is 4.79 Å². The number of para-hydroxylation sites is 1. The Labute approximate surface area is 257 Å². The van der Waals surface area contributed by atoms with Crippen LogP contribution in [0.2, 0.25) is 5.02 Å². The van der Waals surface area contributed by atoms with Gasteiger partial charge in [-0.15, -0.1) is 0 Å². The smallest absolute Gasteiger partial charge is 0.416 e. The topological polar surface area (TPSA) is 56.5 Å². The summed E-state index contributed by atoms with van der Waals surface area (Å²) in [6.07, 6.45) is -3.18. The van der Waals surface area contributed by atoms with Crippen LogP contribution in [-0.4, -0.2) is 15.9 Å². The van der Waals surface area contributed by atoms with Gasteiger partial charge in [-0.2, -0.15) is 22.9 Å². The standard InChI is InChI=1S/C33H20BrClF3N3O2/c34-27-15-20(16-28(35)30(27)43-19-23-10-5-8-21-7-1-2-12-25(21)23)18-39-41-31(22-9-6-11-24(17-22)33(36,37)38)40-29-14-4-3-13-26(29)32(41)42/h1-18H,19H2. The van der Waals surface area contributed by atoms with Gasteiger partial charge in [0.2, 0.25) is 0 Å². The Kier molecular flexibility index (Phi) is 7.77. The van der Waals surface area contributed by atoms with Crippen LogP contribution in [0.1, 0.15) is 16.7 Å². The molecule has 10 heteroatoms. The number of nitrogens with zero attached hydrogens (tertiary/aromatic N) is 3. The Morgan fingerprint density at radius 1 is 0.907 bits per heavy atom. The van der Waals surface area contributed by atoms with Gasteiger partial charge >= 0.3 is 6.18 Å². The van der Waals surface area contributed by atoms with E-state index >= 15 is 0 Å². The van der Waals surface area contributed by atoms with Crippen molar-refractivity contribution in [2.75, 3.05) is 0 Å². The van der Waals surface area contributed by atoms with Gasteiger partial charge in [-0.05, 0) is 74.2 Å². The summed E-state index contributed by atoms with van der Waals surface area (Å²) >= 11 is 10.1. The Bertz CT molecular complexity index is 2070. The summed E-state index contributed by atoms with van der Waals surface area (Å²) in [5, 5.41) is 7.10. The predicted molar refractivity (Wildman–Crippen MR) is 167 cm³/mol. The van der Waals surface area contributed by atoms with Crippen molar-refractivity contribution in [3.05, 3.63) is 140 Å². The number of fused-ring (bicyclic) bond motifs is 2. The summed E-state index contributed by atoms with van der Waals surface area (Å²) in [6.45, 7) is 0.283. The van der Waals surface area contributed by atoms with Crippen molar-refractivity contribution >= 4 is 55.4 Å². The maximum absolute atomic E-state index is 13.5. The highest BCUT2D eigenvalue weighted by molar-refractivity contribution is 9.10. The first-order valence-corrected chi connectivity index (χ1v) is 14.2. The molecule has 0 bridgehead atoms.